The minimum absolute atomic E-state index is 0.194. The van der Waals surface area contributed by atoms with Gasteiger partial charge in [0, 0.05) is 11.8 Å². The quantitative estimate of drug-likeness (QED) is 0.381. The standard InChI is InChI=1S/C17H18N4O4/c1-2-3-8-23-9-5-10-24-14-7-4-6-12-11-13(16-18-20-21-19-16)17(22)25-15(12)14/h3-4,6-8,11H,2,5,9-10H2,1H3,(H,18,19,20,21). The molecule has 0 spiro atoms. The number of aromatic amines is 1. The van der Waals surface area contributed by atoms with E-state index in [0.717, 1.165) is 18.2 Å². The van der Waals surface area contributed by atoms with Crippen LogP contribution in [0, 0.1) is 0 Å². The van der Waals surface area contributed by atoms with Crippen molar-refractivity contribution in [1.29, 1.82) is 0 Å². The Balaban J connectivity index is 1.73. The predicted octanol–water partition coefficient (Wildman–Crippen LogP) is 2.68. The molecule has 0 aliphatic heterocycles. The van der Waals surface area contributed by atoms with Crippen molar-refractivity contribution in [3.05, 3.63) is 47.0 Å². The Morgan fingerprint density at radius 2 is 2.24 bits per heavy atom. The van der Waals surface area contributed by atoms with Gasteiger partial charge < -0.3 is 13.9 Å². The lowest BCUT2D eigenvalue weighted by atomic mass is 10.1. The number of tetrazole rings is 1. The number of hydrogen-bond acceptors (Lipinski definition) is 7. The molecule has 0 radical (unpaired) electrons. The Kier molecular flexibility index (Phi) is 5.40. The number of fused-ring (bicyclic) bond motifs is 1. The minimum atomic E-state index is -0.544. The van der Waals surface area contributed by atoms with Crippen molar-refractivity contribution in [3.8, 4) is 17.1 Å². The molecule has 3 aromatic rings. The monoisotopic (exact) mass is 342 g/mol. The normalized spacial score (nSPS) is 11.2. The highest BCUT2D eigenvalue weighted by Crippen LogP contribution is 2.26. The number of nitrogens with one attached hydrogen (secondary N) is 1. The summed E-state index contributed by atoms with van der Waals surface area (Å²) >= 11 is 0. The van der Waals surface area contributed by atoms with Crippen molar-refractivity contribution in [2.24, 2.45) is 0 Å². The van der Waals surface area contributed by atoms with Crippen LogP contribution in [0.4, 0.5) is 0 Å². The van der Waals surface area contributed by atoms with E-state index in [4.69, 9.17) is 13.9 Å². The zero-order valence-corrected chi connectivity index (χ0v) is 13.8. The van der Waals surface area contributed by atoms with Gasteiger partial charge in [0.15, 0.2) is 11.3 Å². The molecule has 2 heterocycles. The average Bonchev–Trinajstić information content (AvgIpc) is 3.15. The number of para-hydroxylation sites is 1. The van der Waals surface area contributed by atoms with Crippen LogP contribution in [-0.2, 0) is 4.74 Å². The maximum atomic E-state index is 12.2. The first-order chi connectivity index (χ1) is 12.3. The summed E-state index contributed by atoms with van der Waals surface area (Å²) in [6.45, 7) is 3.06. The minimum Gasteiger partial charge on any atom is -0.501 e. The van der Waals surface area contributed by atoms with Gasteiger partial charge in [-0.15, -0.1) is 10.2 Å². The average molecular weight is 342 g/mol. The highest BCUT2D eigenvalue weighted by molar-refractivity contribution is 5.85. The second kappa shape index (κ2) is 8.09. The molecule has 0 unspecified atom stereocenters. The van der Waals surface area contributed by atoms with E-state index in [0.29, 0.717) is 24.5 Å². The van der Waals surface area contributed by atoms with Crippen molar-refractivity contribution in [2.75, 3.05) is 13.2 Å². The molecule has 1 N–H and O–H groups in total. The summed E-state index contributed by atoms with van der Waals surface area (Å²) in [5, 5.41) is 14.1. The van der Waals surface area contributed by atoms with Crippen LogP contribution in [0.3, 0.4) is 0 Å². The summed E-state index contributed by atoms with van der Waals surface area (Å²) in [4.78, 5) is 12.2. The van der Waals surface area contributed by atoms with Crippen molar-refractivity contribution >= 4 is 11.0 Å². The highest BCUT2D eigenvalue weighted by atomic mass is 16.5. The van der Waals surface area contributed by atoms with Gasteiger partial charge in [-0.2, -0.15) is 5.21 Å². The molecule has 3 rings (SSSR count). The molecule has 0 aliphatic carbocycles. The van der Waals surface area contributed by atoms with E-state index >= 15 is 0 Å². The first-order valence-electron chi connectivity index (χ1n) is 7.99. The molecule has 0 bridgehead atoms. The number of allylic oxidation sites excluding steroid dienone is 1. The summed E-state index contributed by atoms with van der Waals surface area (Å²) in [6, 6.07) is 7.08. The lowest BCUT2D eigenvalue weighted by molar-refractivity contribution is 0.208. The number of ether oxygens (including phenoxy) is 2. The number of nitrogens with zero attached hydrogens (tertiary/aromatic N) is 3. The van der Waals surface area contributed by atoms with Crippen molar-refractivity contribution in [1.82, 2.24) is 20.6 Å². The maximum absolute atomic E-state index is 12.2. The van der Waals surface area contributed by atoms with Gasteiger partial charge >= 0.3 is 5.63 Å². The van der Waals surface area contributed by atoms with Crippen LogP contribution >= 0.6 is 0 Å². The molecule has 2 aromatic heterocycles. The molecule has 1 aromatic carbocycles. The fraction of sp³-hybridized carbons (Fsp3) is 0.294. The zero-order valence-electron chi connectivity index (χ0n) is 13.8. The molecule has 0 aliphatic rings. The van der Waals surface area contributed by atoms with E-state index in [-0.39, 0.29) is 11.4 Å². The van der Waals surface area contributed by atoms with E-state index in [2.05, 4.69) is 20.6 Å². The van der Waals surface area contributed by atoms with Crippen molar-refractivity contribution < 1.29 is 13.9 Å². The summed E-state index contributed by atoms with van der Waals surface area (Å²) in [5.41, 5.74) is 0.0963. The largest absolute Gasteiger partial charge is 0.501 e. The SMILES string of the molecule is CCC=COCCCOc1cccc2cc(-c3nn[nH]n3)c(=O)oc12. The number of hydrogen-bond donors (Lipinski definition) is 1. The molecule has 0 amide bonds. The van der Waals surface area contributed by atoms with Gasteiger partial charge in [0.05, 0.1) is 19.5 Å². The molecule has 8 heteroatoms. The highest BCUT2D eigenvalue weighted by Gasteiger charge is 2.14. The van der Waals surface area contributed by atoms with Gasteiger partial charge in [-0.3, -0.25) is 0 Å². The van der Waals surface area contributed by atoms with E-state index in [1.807, 2.05) is 25.1 Å². The Hall–Kier alpha value is -3.16. The third-order valence-corrected chi connectivity index (χ3v) is 3.40. The fourth-order valence-electron chi connectivity index (χ4n) is 2.22. The Morgan fingerprint density at radius 3 is 3.04 bits per heavy atom. The zero-order chi connectivity index (χ0) is 17.5. The summed E-state index contributed by atoms with van der Waals surface area (Å²) < 4.78 is 16.5. The van der Waals surface area contributed by atoms with Crippen molar-refractivity contribution in [2.45, 2.75) is 19.8 Å². The molecule has 0 fully saturated rings. The van der Waals surface area contributed by atoms with Gasteiger partial charge in [-0.05, 0) is 23.8 Å². The van der Waals surface area contributed by atoms with E-state index < -0.39 is 5.63 Å². The molecule has 130 valence electrons. The van der Waals surface area contributed by atoms with Gasteiger partial charge in [-0.1, -0.05) is 25.1 Å². The van der Waals surface area contributed by atoms with Crippen LogP contribution in [0.2, 0.25) is 0 Å². The summed E-state index contributed by atoms with van der Waals surface area (Å²) in [6.07, 6.45) is 5.30. The van der Waals surface area contributed by atoms with Crippen molar-refractivity contribution in [3.63, 3.8) is 0 Å². The second-order valence-corrected chi connectivity index (χ2v) is 5.21. The van der Waals surface area contributed by atoms with Crippen LogP contribution in [-0.4, -0.2) is 33.8 Å². The third-order valence-electron chi connectivity index (χ3n) is 3.40. The number of H-pyrrole nitrogens is 1. The first kappa shape index (κ1) is 16.7. The van der Waals surface area contributed by atoms with Crippen LogP contribution in [0.15, 0.2) is 45.8 Å². The van der Waals surface area contributed by atoms with Crippen LogP contribution in [0.5, 0.6) is 5.75 Å². The molecule has 8 nitrogen and oxygen atoms in total. The Labute approximate surface area is 143 Å². The lowest BCUT2D eigenvalue weighted by Gasteiger charge is -2.08. The smallest absolute Gasteiger partial charge is 0.347 e. The third kappa shape index (κ3) is 4.03. The second-order valence-electron chi connectivity index (χ2n) is 5.21. The predicted molar refractivity (Wildman–Crippen MR) is 91.2 cm³/mol. The van der Waals surface area contributed by atoms with E-state index in [9.17, 15) is 4.79 Å². The molecule has 25 heavy (non-hydrogen) atoms. The Bertz CT molecular complexity index is 903. The fourth-order valence-corrected chi connectivity index (χ4v) is 2.22. The Morgan fingerprint density at radius 1 is 1.32 bits per heavy atom. The summed E-state index contributed by atoms with van der Waals surface area (Å²) in [7, 11) is 0. The van der Waals surface area contributed by atoms with E-state index in [1.165, 1.54) is 0 Å². The van der Waals surface area contributed by atoms with Gasteiger partial charge in [0.1, 0.15) is 5.56 Å². The van der Waals surface area contributed by atoms with Gasteiger partial charge in [0.2, 0.25) is 5.82 Å². The topological polar surface area (TPSA) is 103 Å². The van der Waals surface area contributed by atoms with Gasteiger partial charge in [-0.25, -0.2) is 4.79 Å². The van der Waals surface area contributed by atoms with Crippen LogP contribution < -0.4 is 10.4 Å². The number of aromatic nitrogens is 4. The lowest BCUT2D eigenvalue weighted by Crippen LogP contribution is -2.06. The maximum Gasteiger partial charge on any atom is 0.347 e. The van der Waals surface area contributed by atoms with Crippen LogP contribution in [0.25, 0.3) is 22.4 Å². The van der Waals surface area contributed by atoms with Crippen LogP contribution in [0.1, 0.15) is 19.8 Å². The summed E-state index contributed by atoms with van der Waals surface area (Å²) in [5.74, 6) is 0.706. The number of benzene rings is 1. The molecule has 0 saturated carbocycles. The molecule has 0 atom stereocenters. The number of rotatable bonds is 8. The van der Waals surface area contributed by atoms with E-state index in [1.54, 1.807) is 18.4 Å². The molecular formula is C17H18N4O4. The first-order valence-corrected chi connectivity index (χ1v) is 7.99. The molecular weight excluding hydrogens is 324 g/mol. The van der Waals surface area contributed by atoms with Gasteiger partial charge in [0.25, 0.3) is 0 Å². The molecule has 0 saturated heterocycles.